The molecule has 0 atom stereocenters. The van der Waals surface area contributed by atoms with E-state index in [9.17, 15) is 9.18 Å². The van der Waals surface area contributed by atoms with Crippen LogP contribution >= 0.6 is 0 Å². The van der Waals surface area contributed by atoms with E-state index >= 15 is 0 Å². The summed E-state index contributed by atoms with van der Waals surface area (Å²) in [5.41, 5.74) is 2.79. The highest BCUT2D eigenvalue weighted by atomic mass is 19.1. The van der Waals surface area contributed by atoms with Crippen LogP contribution in [0.4, 0.5) is 4.39 Å². The van der Waals surface area contributed by atoms with Crippen molar-refractivity contribution in [3.05, 3.63) is 51.2 Å². The molecule has 0 aliphatic carbocycles. The molecule has 0 saturated carbocycles. The summed E-state index contributed by atoms with van der Waals surface area (Å²) < 4.78 is 13.0. The van der Waals surface area contributed by atoms with Gasteiger partial charge in [-0.05, 0) is 44.0 Å². The van der Waals surface area contributed by atoms with Crippen LogP contribution in [0.15, 0.2) is 23.0 Å². The summed E-state index contributed by atoms with van der Waals surface area (Å²) in [6.45, 7) is 5.53. The number of aromatic nitrogens is 2. The SMILES string of the molecule is CCc1c(C)nc(-c2ccc(F)cc2C)[nH]c1=O. The molecule has 1 aromatic heterocycles. The summed E-state index contributed by atoms with van der Waals surface area (Å²) in [5.74, 6) is 0.202. The van der Waals surface area contributed by atoms with Gasteiger partial charge in [0.05, 0.1) is 0 Å². The van der Waals surface area contributed by atoms with Crippen LogP contribution in [-0.4, -0.2) is 9.97 Å². The molecule has 1 heterocycles. The van der Waals surface area contributed by atoms with Gasteiger partial charge in [-0.2, -0.15) is 0 Å². The molecule has 3 nitrogen and oxygen atoms in total. The maximum Gasteiger partial charge on any atom is 0.254 e. The highest BCUT2D eigenvalue weighted by molar-refractivity contribution is 5.59. The highest BCUT2D eigenvalue weighted by Gasteiger charge is 2.10. The maximum atomic E-state index is 13.0. The quantitative estimate of drug-likeness (QED) is 0.885. The van der Waals surface area contributed by atoms with E-state index in [1.165, 1.54) is 12.1 Å². The van der Waals surface area contributed by atoms with E-state index in [-0.39, 0.29) is 11.4 Å². The van der Waals surface area contributed by atoms with Crippen LogP contribution in [0.1, 0.15) is 23.7 Å². The number of hydrogen-bond acceptors (Lipinski definition) is 2. The molecule has 0 aliphatic rings. The Bertz CT molecular complexity index is 647. The summed E-state index contributed by atoms with van der Waals surface area (Å²) in [6, 6.07) is 4.43. The molecule has 0 saturated heterocycles. The van der Waals surface area contributed by atoms with Gasteiger partial charge in [0.2, 0.25) is 0 Å². The molecule has 1 aromatic carbocycles. The second-order valence-electron chi connectivity index (χ2n) is 4.29. The Hall–Kier alpha value is -1.97. The van der Waals surface area contributed by atoms with Gasteiger partial charge in [-0.25, -0.2) is 9.37 Å². The van der Waals surface area contributed by atoms with Crippen molar-refractivity contribution in [1.82, 2.24) is 9.97 Å². The molecule has 94 valence electrons. The first kappa shape index (κ1) is 12.5. The fraction of sp³-hybridized carbons (Fsp3) is 0.286. The van der Waals surface area contributed by atoms with Crippen LogP contribution in [0.2, 0.25) is 0 Å². The molecule has 0 aliphatic heterocycles. The first-order chi connectivity index (χ1) is 8.52. The van der Waals surface area contributed by atoms with Gasteiger partial charge in [0.25, 0.3) is 5.56 Å². The molecular formula is C14H15FN2O. The predicted octanol–water partition coefficient (Wildman–Crippen LogP) is 2.76. The molecule has 0 radical (unpaired) electrons. The monoisotopic (exact) mass is 246 g/mol. The Labute approximate surface area is 105 Å². The lowest BCUT2D eigenvalue weighted by molar-refractivity contribution is 0.627. The molecule has 0 unspecified atom stereocenters. The average molecular weight is 246 g/mol. The van der Waals surface area contributed by atoms with E-state index in [1.807, 2.05) is 13.8 Å². The summed E-state index contributed by atoms with van der Waals surface area (Å²) in [7, 11) is 0. The predicted molar refractivity (Wildman–Crippen MR) is 69.1 cm³/mol. The van der Waals surface area contributed by atoms with E-state index in [0.717, 1.165) is 16.8 Å². The number of aryl methyl sites for hydroxylation is 2. The van der Waals surface area contributed by atoms with E-state index < -0.39 is 0 Å². The third-order valence-electron chi connectivity index (χ3n) is 3.02. The lowest BCUT2D eigenvalue weighted by Gasteiger charge is -2.08. The molecule has 18 heavy (non-hydrogen) atoms. The fourth-order valence-electron chi connectivity index (χ4n) is 2.05. The topological polar surface area (TPSA) is 45.8 Å². The van der Waals surface area contributed by atoms with E-state index in [2.05, 4.69) is 9.97 Å². The van der Waals surface area contributed by atoms with E-state index in [1.54, 1.807) is 13.0 Å². The largest absolute Gasteiger partial charge is 0.306 e. The lowest BCUT2D eigenvalue weighted by atomic mass is 10.1. The van der Waals surface area contributed by atoms with Gasteiger partial charge in [-0.15, -0.1) is 0 Å². The molecule has 0 amide bonds. The summed E-state index contributed by atoms with van der Waals surface area (Å²) >= 11 is 0. The van der Waals surface area contributed by atoms with Crippen LogP contribution in [-0.2, 0) is 6.42 Å². The maximum absolute atomic E-state index is 13.0. The van der Waals surface area contributed by atoms with Crippen molar-refractivity contribution in [2.24, 2.45) is 0 Å². The first-order valence-electron chi connectivity index (χ1n) is 5.89. The van der Waals surface area contributed by atoms with Crippen molar-refractivity contribution in [1.29, 1.82) is 0 Å². The third-order valence-corrected chi connectivity index (χ3v) is 3.02. The van der Waals surface area contributed by atoms with Crippen molar-refractivity contribution >= 4 is 0 Å². The number of rotatable bonds is 2. The van der Waals surface area contributed by atoms with Gasteiger partial charge in [0.1, 0.15) is 11.6 Å². The van der Waals surface area contributed by atoms with Gasteiger partial charge in [-0.3, -0.25) is 4.79 Å². The number of H-pyrrole nitrogens is 1. The second kappa shape index (κ2) is 4.72. The Kier molecular flexibility index (Phi) is 3.28. The third kappa shape index (κ3) is 2.18. The van der Waals surface area contributed by atoms with E-state index in [4.69, 9.17) is 0 Å². The standard InChI is InChI=1S/C14H15FN2O/c1-4-11-9(3)16-13(17-14(11)18)12-6-5-10(15)7-8(12)2/h5-7H,4H2,1-3H3,(H,16,17,18). The van der Waals surface area contributed by atoms with Gasteiger partial charge in [0, 0.05) is 16.8 Å². The number of aromatic amines is 1. The van der Waals surface area contributed by atoms with Gasteiger partial charge in [-0.1, -0.05) is 6.92 Å². The zero-order chi connectivity index (χ0) is 13.3. The van der Waals surface area contributed by atoms with Crippen LogP contribution in [0.5, 0.6) is 0 Å². The van der Waals surface area contributed by atoms with Crippen LogP contribution in [0.25, 0.3) is 11.4 Å². The van der Waals surface area contributed by atoms with Crippen molar-refractivity contribution in [2.45, 2.75) is 27.2 Å². The minimum Gasteiger partial charge on any atom is -0.306 e. The Morgan fingerprint density at radius 1 is 1.33 bits per heavy atom. The zero-order valence-corrected chi connectivity index (χ0v) is 10.7. The molecule has 2 aromatic rings. The minimum absolute atomic E-state index is 0.122. The van der Waals surface area contributed by atoms with Crippen molar-refractivity contribution in [3.63, 3.8) is 0 Å². The Balaban J connectivity index is 2.62. The number of benzene rings is 1. The van der Waals surface area contributed by atoms with E-state index in [0.29, 0.717) is 17.8 Å². The molecule has 1 N–H and O–H groups in total. The van der Waals surface area contributed by atoms with Crippen molar-refractivity contribution in [3.8, 4) is 11.4 Å². The molecule has 0 spiro atoms. The van der Waals surface area contributed by atoms with Gasteiger partial charge < -0.3 is 4.98 Å². The highest BCUT2D eigenvalue weighted by Crippen LogP contribution is 2.20. The first-order valence-corrected chi connectivity index (χ1v) is 5.89. The van der Waals surface area contributed by atoms with Crippen LogP contribution < -0.4 is 5.56 Å². The molecule has 4 heteroatoms. The number of halogens is 1. The normalized spacial score (nSPS) is 10.7. The van der Waals surface area contributed by atoms with Crippen LogP contribution in [0.3, 0.4) is 0 Å². The average Bonchev–Trinajstić information content (AvgIpc) is 2.28. The molecule has 0 bridgehead atoms. The summed E-state index contributed by atoms with van der Waals surface area (Å²) in [6.07, 6.45) is 0.650. The van der Waals surface area contributed by atoms with Crippen molar-refractivity contribution < 1.29 is 4.39 Å². The fourth-order valence-corrected chi connectivity index (χ4v) is 2.05. The lowest BCUT2D eigenvalue weighted by Crippen LogP contribution is -2.17. The number of nitrogens with zero attached hydrogens (tertiary/aromatic N) is 1. The minimum atomic E-state index is -0.291. The zero-order valence-electron chi connectivity index (χ0n) is 10.7. The van der Waals surface area contributed by atoms with Gasteiger partial charge in [0.15, 0.2) is 0 Å². The van der Waals surface area contributed by atoms with Crippen LogP contribution in [0, 0.1) is 19.7 Å². The second-order valence-corrected chi connectivity index (χ2v) is 4.29. The van der Waals surface area contributed by atoms with Crippen molar-refractivity contribution in [2.75, 3.05) is 0 Å². The smallest absolute Gasteiger partial charge is 0.254 e. The Morgan fingerprint density at radius 2 is 2.06 bits per heavy atom. The molecule has 0 fully saturated rings. The summed E-state index contributed by atoms with van der Waals surface area (Å²) in [4.78, 5) is 19.0. The number of nitrogens with one attached hydrogen (secondary N) is 1. The Morgan fingerprint density at radius 3 is 2.61 bits per heavy atom. The molecule has 2 rings (SSSR count). The molecular weight excluding hydrogens is 231 g/mol. The van der Waals surface area contributed by atoms with Gasteiger partial charge >= 0.3 is 0 Å². The number of hydrogen-bond donors (Lipinski definition) is 1. The summed E-state index contributed by atoms with van der Waals surface area (Å²) in [5, 5.41) is 0.